The number of halogens is 4. The number of rotatable bonds is 4. The minimum atomic E-state index is -4.44. The smallest absolute Gasteiger partial charge is 0.296 e. The lowest BCUT2D eigenvalue weighted by Gasteiger charge is -2.35. The molecule has 0 radical (unpaired) electrons. The van der Waals surface area contributed by atoms with Gasteiger partial charge < -0.3 is 0 Å². The molecular formula is C18H19F4N3. The maximum atomic E-state index is 13.7. The number of hydrogen-bond donors (Lipinski definition) is 0. The van der Waals surface area contributed by atoms with Crippen molar-refractivity contribution in [1.82, 2.24) is 14.8 Å². The van der Waals surface area contributed by atoms with Crippen LogP contribution in [0.25, 0.3) is 0 Å². The topological polar surface area (TPSA) is 19.4 Å². The molecule has 3 nitrogen and oxygen atoms in total. The Kier molecular flexibility index (Phi) is 5.34. The molecule has 1 aromatic carbocycles. The van der Waals surface area contributed by atoms with E-state index in [0.29, 0.717) is 38.3 Å². The maximum Gasteiger partial charge on any atom is 0.433 e. The number of piperazine rings is 1. The van der Waals surface area contributed by atoms with Crippen LogP contribution in [0.2, 0.25) is 0 Å². The van der Waals surface area contributed by atoms with Crippen LogP contribution in [0.4, 0.5) is 17.6 Å². The van der Waals surface area contributed by atoms with Crippen molar-refractivity contribution in [3.05, 3.63) is 65.2 Å². The van der Waals surface area contributed by atoms with Crippen LogP contribution in [0.3, 0.4) is 0 Å². The molecule has 1 saturated heterocycles. The predicted octanol–water partition coefficient (Wildman–Crippen LogP) is 3.56. The molecule has 0 atom stereocenters. The minimum absolute atomic E-state index is 0.192. The van der Waals surface area contributed by atoms with Crippen LogP contribution in [0.15, 0.2) is 42.6 Å². The number of hydrogen-bond acceptors (Lipinski definition) is 3. The molecule has 1 aliphatic rings. The van der Waals surface area contributed by atoms with Gasteiger partial charge in [0.2, 0.25) is 0 Å². The third-order valence-corrected chi connectivity index (χ3v) is 4.37. The number of pyridine rings is 1. The minimum Gasteiger partial charge on any atom is -0.296 e. The molecule has 7 heteroatoms. The van der Waals surface area contributed by atoms with E-state index in [-0.39, 0.29) is 17.9 Å². The van der Waals surface area contributed by atoms with Crippen LogP contribution >= 0.6 is 0 Å². The number of nitrogens with zero attached hydrogens (tertiary/aromatic N) is 3. The molecule has 134 valence electrons. The Morgan fingerprint density at radius 2 is 1.40 bits per heavy atom. The van der Waals surface area contributed by atoms with E-state index in [9.17, 15) is 17.6 Å². The van der Waals surface area contributed by atoms with Gasteiger partial charge in [0.15, 0.2) is 0 Å². The Labute approximate surface area is 143 Å². The first-order chi connectivity index (χ1) is 11.9. The summed E-state index contributed by atoms with van der Waals surface area (Å²) in [4.78, 5) is 7.58. The maximum absolute atomic E-state index is 13.7. The fourth-order valence-corrected chi connectivity index (χ4v) is 3.04. The Hall–Kier alpha value is -1.99. The fourth-order valence-electron chi connectivity index (χ4n) is 3.04. The molecule has 0 saturated carbocycles. The Balaban J connectivity index is 1.58. The molecule has 0 N–H and O–H groups in total. The molecule has 1 aliphatic heterocycles. The van der Waals surface area contributed by atoms with Crippen LogP contribution in [-0.4, -0.2) is 41.0 Å². The fraction of sp³-hybridized carbons (Fsp3) is 0.389. The van der Waals surface area contributed by atoms with Gasteiger partial charge in [0.1, 0.15) is 11.5 Å². The molecule has 0 aliphatic carbocycles. The van der Waals surface area contributed by atoms with Gasteiger partial charge in [0, 0.05) is 51.0 Å². The molecule has 25 heavy (non-hydrogen) atoms. The zero-order valence-corrected chi connectivity index (χ0v) is 13.6. The van der Waals surface area contributed by atoms with Gasteiger partial charge in [0.25, 0.3) is 0 Å². The van der Waals surface area contributed by atoms with E-state index in [0.717, 1.165) is 0 Å². The Morgan fingerprint density at radius 1 is 0.840 bits per heavy atom. The van der Waals surface area contributed by atoms with Crippen molar-refractivity contribution in [2.24, 2.45) is 0 Å². The molecule has 1 aromatic heterocycles. The van der Waals surface area contributed by atoms with Crippen molar-refractivity contribution in [2.45, 2.75) is 19.3 Å². The average molecular weight is 353 g/mol. The molecule has 0 bridgehead atoms. The van der Waals surface area contributed by atoms with Crippen molar-refractivity contribution in [3.8, 4) is 0 Å². The second-order valence-electron chi connectivity index (χ2n) is 6.15. The summed E-state index contributed by atoms with van der Waals surface area (Å²) >= 11 is 0. The van der Waals surface area contributed by atoms with E-state index in [4.69, 9.17) is 0 Å². The van der Waals surface area contributed by atoms with Crippen LogP contribution in [0.5, 0.6) is 0 Å². The number of aromatic nitrogens is 1. The van der Waals surface area contributed by atoms with Gasteiger partial charge in [-0.1, -0.05) is 24.3 Å². The van der Waals surface area contributed by atoms with Crippen molar-refractivity contribution in [2.75, 3.05) is 26.2 Å². The highest BCUT2D eigenvalue weighted by atomic mass is 19.4. The number of alkyl halides is 3. The summed E-state index contributed by atoms with van der Waals surface area (Å²) in [6.45, 7) is 3.39. The zero-order chi connectivity index (χ0) is 17.9. The van der Waals surface area contributed by atoms with Crippen molar-refractivity contribution >= 4 is 0 Å². The summed E-state index contributed by atoms with van der Waals surface area (Å²) in [5, 5.41) is 0. The van der Waals surface area contributed by atoms with E-state index in [2.05, 4.69) is 9.88 Å². The van der Waals surface area contributed by atoms with E-state index in [1.165, 1.54) is 24.4 Å². The lowest BCUT2D eigenvalue weighted by molar-refractivity contribution is -0.142. The van der Waals surface area contributed by atoms with Crippen molar-refractivity contribution in [1.29, 1.82) is 0 Å². The molecule has 1 fully saturated rings. The molecule has 2 aromatic rings. The summed E-state index contributed by atoms with van der Waals surface area (Å²) in [6.07, 6.45) is -3.28. The molecule has 0 spiro atoms. The summed E-state index contributed by atoms with van der Waals surface area (Å²) in [5.74, 6) is -0.227. The SMILES string of the molecule is Fc1ccccc1CN1CCN(Cc2cccnc2C(F)(F)F)CC1. The van der Waals surface area contributed by atoms with Crippen LogP contribution in [0, 0.1) is 5.82 Å². The molecule has 0 unspecified atom stereocenters. The molecule has 2 heterocycles. The lowest BCUT2D eigenvalue weighted by atomic mass is 10.1. The van der Waals surface area contributed by atoms with E-state index in [1.54, 1.807) is 18.2 Å². The first-order valence-electron chi connectivity index (χ1n) is 8.12. The van der Waals surface area contributed by atoms with Gasteiger partial charge >= 0.3 is 6.18 Å². The van der Waals surface area contributed by atoms with Gasteiger partial charge in [0.05, 0.1) is 0 Å². The zero-order valence-electron chi connectivity index (χ0n) is 13.6. The second kappa shape index (κ2) is 7.49. The molecule has 3 rings (SSSR count). The predicted molar refractivity (Wildman–Crippen MR) is 86.2 cm³/mol. The number of benzene rings is 1. The monoisotopic (exact) mass is 353 g/mol. The van der Waals surface area contributed by atoms with Gasteiger partial charge in [-0.2, -0.15) is 13.2 Å². The summed E-state index contributed by atoms with van der Waals surface area (Å²) in [5.41, 5.74) is 0.0175. The summed E-state index contributed by atoms with van der Waals surface area (Å²) in [7, 11) is 0. The van der Waals surface area contributed by atoms with E-state index < -0.39 is 11.9 Å². The van der Waals surface area contributed by atoms with Crippen LogP contribution < -0.4 is 0 Å². The first-order valence-corrected chi connectivity index (χ1v) is 8.12. The lowest BCUT2D eigenvalue weighted by Crippen LogP contribution is -2.45. The van der Waals surface area contributed by atoms with E-state index >= 15 is 0 Å². The van der Waals surface area contributed by atoms with Gasteiger partial charge in [-0.3, -0.25) is 14.8 Å². The van der Waals surface area contributed by atoms with Gasteiger partial charge in [-0.15, -0.1) is 0 Å². The van der Waals surface area contributed by atoms with E-state index in [1.807, 2.05) is 4.90 Å². The van der Waals surface area contributed by atoms with Crippen LogP contribution in [0.1, 0.15) is 16.8 Å². The molecular weight excluding hydrogens is 334 g/mol. The van der Waals surface area contributed by atoms with Crippen molar-refractivity contribution < 1.29 is 17.6 Å². The highest BCUT2D eigenvalue weighted by Gasteiger charge is 2.35. The van der Waals surface area contributed by atoms with Crippen molar-refractivity contribution in [3.63, 3.8) is 0 Å². The average Bonchev–Trinajstić information content (AvgIpc) is 2.58. The molecule has 0 amide bonds. The third kappa shape index (κ3) is 4.55. The Morgan fingerprint density at radius 3 is 2.00 bits per heavy atom. The highest BCUT2D eigenvalue weighted by molar-refractivity contribution is 5.22. The van der Waals surface area contributed by atoms with Gasteiger partial charge in [-0.25, -0.2) is 4.39 Å². The summed E-state index contributed by atoms with van der Waals surface area (Å²) in [6, 6.07) is 9.65. The van der Waals surface area contributed by atoms with Crippen LogP contribution in [-0.2, 0) is 19.3 Å². The second-order valence-corrected chi connectivity index (χ2v) is 6.15. The first kappa shape index (κ1) is 17.8. The normalized spacial score (nSPS) is 17.0. The Bertz CT molecular complexity index is 709. The highest BCUT2D eigenvalue weighted by Crippen LogP contribution is 2.30. The third-order valence-electron chi connectivity index (χ3n) is 4.37. The standard InChI is InChI=1S/C18H19F4N3/c19-16-6-2-1-4-14(16)12-24-8-10-25(11-9-24)13-15-5-3-7-23-17(15)18(20,21)22/h1-7H,8-13H2. The quantitative estimate of drug-likeness (QED) is 0.784. The summed E-state index contributed by atoms with van der Waals surface area (Å²) < 4.78 is 52.8. The largest absolute Gasteiger partial charge is 0.433 e. The van der Waals surface area contributed by atoms with Gasteiger partial charge in [-0.05, 0) is 17.7 Å².